The van der Waals surface area contributed by atoms with Crippen LogP contribution in [0.25, 0.3) is 0 Å². The van der Waals surface area contributed by atoms with Crippen LogP contribution in [0.4, 0.5) is 0 Å². The number of thioether (sulfide) groups is 1. The molecule has 6 heteroatoms. The second-order valence-electron chi connectivity index (χ2n) is 4.18. The zero-order valence-electron chi connectivity index (χ0n) is 9.51. The lowest BCUT2D eigenvalue weighted by Crippen LogP contribution is -2.46. The Morgan fingerprint density at radius 3 is 3.06 bits per heavy atom. The van der Waals surface area contributed by atoms with Crippen LogP contribution < -0.4 is 0 Å². The van der Waals surface area contributed by atoms with Crippen LogP contribution in [0.15, 0.2) is 11.2 Å². The van der Waals surface area contributed by atoms with Crippen molar-refractivity contribution in [2.75, 3.05) is 6.54 Å². The molecule has 1 aliphatic rings. The first-order chi connectivity index (χ1) is 7.68. The summed E-state index contributed by atoms with van der Waals surface area (Å²) in [7, 11) is 0. The quantitative estimate of drug-likeness (QED) is 0.865. The molecule has 0 unspecified atom stereocenters. The predicted octanol–water partition coefficient (Wildman–Crippen LogP) is 1.30. The van der Waals surface area contributed by atoms with E-state index in [2.05, 4.69) is 29.3 Å². The average Bonchev–Trinajstić information content (AvgIpc) is 2.73. The maximum atomic E-state index is 12.1. The molecule has 2 heterocycles. The molecule has 1 amide bonds. The highest BCUT2D eigenvalue weighted by Crippen LogP contribution is 2.29. The van der Waals surface area contributed by atoms with Crippen LogP contribution in [0.5, 0.6) is 0 Å². The number of carbonyl (C=O) groups is 1. The highest BCUT2D eigenvalue weighted by Gasteiger charge is 2.31. The average molecular weight is 240 g/mol. The number of carbonyl (C=O) groups excluding carboxylic acids is 1. The maximum absolute atomic E-state index is 12.1. The molecule has 0 saturated carbocycles. The first-order valence-corrected chi connectivity index (χ1v) is 6.39. The molecule has 1 fully saturated rings. The fourth-order valence-electron chi connectivity index (χ4n) is 1.88. The molecule has 1 aromatic rings. The summed E-state index contributed by atoms with van der Waals surface area (Å²) < 4.78 is 0. The van der Waals surface area contributed by atoms with Crippen LogP contribution in [0, 0.1) is 0 Å². The molecule has 88 valence electrons. The van der Waals surface area contributed by atoms with Crippen LogP contribution in [0.2, 0.25) is 0 Å². The van der Waals surface area contributed by atoms with Crippen molar-refractivity contribution >= 4 is 17.7 Å². The van der Waals surface area contributed by atoms with Gasteiger partial charge in [0.05, 0.1) is 11.4 Å². The Hall–Kier alpha value is -1.04. The summed E-state index contributed by atoms with van der Waals surface area (Å²) in [5.41, 5.74) is 0. The van der Waals surface area contributed by atoms with E-state index in [1.807, 2.05) is 4.90 Å². The van der Waals surface area contributed by atoms with Crippen LogP contribution in [0.1, 0.15) is 26.7 Å². The SMILES string of the molecule is CC(C)N1CCC[C@H](Sc2cn[nH]n2)C1=O. The Morgan fingerprint density at radius 1 is 1.62 bits per heavy atom. The van der Waals surface area contributed by atoms with Crippen LogP contribution in [-0.2, 0) is 4.79 Å². The van der Waals surface area contributed by atoms with E-state index in [1.54, 1.807) is 6.20 Å². The number of nitrogens with one attached hydrogen (secondary N) is 1. The molecule has 2 rings (SSSR count). The number of likely N-dealkylation sites (tertiary alicyclic amines) is 1. The lowest BCUT2D eigenvalue weighted by Gasteiger charge is -2.34. The minimum absolute atomic E-state index is 0.00116. The van der Waals surface area contributed by atoms with E-state index in [4.69, 9.17) is 0 Å². The van der Waals surface area contributed by atoms with Gasteiger partial charge in [-0.15, -0.1) is 5.10 Å². The Bertz CT molecular complexity index is 352. The third-order valence-corrected chi connectivity index (χ3v) is 3.86. The van der Waals surface area contributed by atoms with Gasteiger partial charge in [-0.2, -0.15) is 10.3 Å². The standard InChI is InChI=1S/C10H16N4OS/c1-7(2)14-5-3-4-8(10(14)15)16-9-6-11-13-12-9/h6-8H,3-5H2,1-2H3,(H,11,12,13)/t8-/m0/s1. The van der Waals surface area contributed by atoms with E-state index in [-0.39, 0.29) is 17.2 Å². The van der Waals surface area contributed by atoms with E-state index < -0.39 is 0 Å². The molecule has 0 bridgehead atoms. The molecule has 0 aliphatic carbocycles. The molecule has 5 nitrogen and oxygen atoms in total. The molecule has 1 saturated heterocycles. The Kier molecular flexibility index (Phi) is 3.48. The molecule has 1 atom stereocenters. The van der Waals surface area contributed by atoms with Crippen molar-refractivity contribution in [2.24, 2.45) is 0 Å². The summed E-state index contributed by atoms with van der Waals surface area (Å²) >= 11 is 1.50. The highest BCUT2D eigenvalue weighted by atomic mass is 32.2. The number of H-pyrrole nitrogens is 1. The third kappa shape index (κ3) is 2.37. The molecular formula is C10H16N4OS. The lowest BCUT2D eigenvalue weighted by atomic mass is 10.1. The van der Waals surface area contributed by atoms with E-state index in [0.717, 1.165) is 24.4 Å². The number of rotatable bonds is 3. The van der Waals surface area contributed by atoms with Gasteiger partial charge in [-0.05, 0) is 26.7 Å². The van der Waals surface area contributed by atoms with Crippen LogP contribution in [-0.4, -0.2) is 44.1 Å². The predicted molar refractivity (Wildman–Crippen MR) is 62.1 cm³/mol. The van der Waals surface area contributed by atoms with E-state index in [1.165, 1.54) is 11.8 Å². The van der Waals surface area contributed by atoms with E-state index >= 15 is 0 Å². The van der Waals surface area contributed by atoms with Crippen molar-refractivity contribution in [2.45, 2.75) is 43.0 Å². The van der Waals surface area contributed by atoms with Gasteiger partial charge in [0, 0.05) is 12.6 Å². The normalized spacial score (nSPS) is 21.8. The minimum Gasteiger partial charge on any atom is -0.339 e. The largest absolute Gasteiger partial charge is 0.339 e. The Labute approximate surface area is 99.0 Å². The third-order valence-electron chi connectivity index (χ3n) is 2.70. The highest BCUT2D eigenvalue weighted by molar-refractivity contribution is 8.00. The number of hydrogen-bond donors (Lipinski definition) is 1. The molecule has 0 radical (unpaired) electrons. The number of piperidine rings is 1. The van der Waals surface area contributed by atoms with Gasteiger partial charge in [-0.3, -0.25) is 4.79 Å². The van der Waals surface area contributed by atoms with Gasteiger partial charge in [0.15, 0.2) is 0 Å². The molecule has 0 spiro atoms. The Balaban J connectivity index is 2.02. The zero-order valence-corrected chi connectivity index (χ0v) is 10.3. The summed E-state index contributed by atoms with van der Waals surface area (Å²) in [4.78, 5) is 14.1. The summed E-state index contributed by atoms with van der Waals surface area (Å²) in [5.74, 6) is 0.231. The smallest absolute Gasteiger partial charge is 0.236 e. The van der Waals surface area contributed by atoms with Crippen molar-refractivity contribution in [3.8, 4) is 0 Å². The minimum atomic E-state index is 0.00116. The number of amides is 1. The van der Waals surface area contributed by atoms with Crippen molar-refractivity contribution < 1.29 is 4.79 Å². The number of aromatic nitrogens is 3. The molecule has 0 aromatic carbocycles. The molecule has 1 N–H and O–H groups in total. The zero-order chi connectivity index (χ0) is 11.5. The van der Waals surface area contributed by atoms with Crippen molar-refractivity contribution in [3.05, 3.63) is 6.20 Å². The summed E-state index contributed by atoms with van der Waals surface area (Å²) in [6, 6.07) is 0.285. The molecular weight excluding hydrogens is 224 g/mol. The lowest BCUT2D eigenvalue weighted by molar-refractivity contribution is -0.134. The topological polar surface area (TPSA) is 61.9 Å². The van der Waals surface area contributed by atoms with Gasteiger partial charge in [0.1, 0.15) is 5.03 Å². The first kappa shape index (κ1) is 11.4. The Morgan fingerprint density at radius 2 is 2.44 bits per heavy atom. The van der Waals surface area contributed by atoms with Crippen LogP contribution in [0.3, 0.4) is 0 Å². The molecule has 16 heavy (non-hydrogen) atoms. The summed E-state index contributed by atoms with van der Waals surface area (Å²) in [5, 5.41) is 11.1. The van der Waals surface area contributed by atoms with Gasteiger partial charge in [-0.25, -0.2) is 0 Å². The monoisotopic (exact) mass is 240 g/mol. The van der Waals surface area contributed by atoms with Crippen molar-refractivity contribution in [3.63, 3.8) is 0 Å². The molecule has 1 aliphatic heterocycles. The van der Waals surface area contributed by atoms with Crippen molar-refractivity contribution in [1.82, 2.24) is 20.3 Å². The van der Waals surface area contributed by atoms with Gasteiger partial charge in [0.2, 0.25) is 5.91 Å². The van der Waals surface area contributed by atoms with Crippen molar-refractivity contribution in [1.29, 1.82) is 0 Å². The fourth-order valence-corrected chi connectivity index (χ4v) is 2.90. The van der Waals surface area contributed by atoms with E-state index in [0.29, 0.717) is 0 Å². The number of aromatic amines is 1. The van der Waals surface area contributed by atoms with Gasteiger partial charge >= 0.3 is 0 Å². The van der Waals surface area contributed by atoms with Crippen LogP contribution >= 0.6 is 11.8 Å². The molecule has 1 aromatic heterocycles. The maximum Gasteiger partial charge on any atom is 0.236 e. The van der Waals surface area contributed by atoms with Gasteiger partial charge in [0.25, 0.3) is 0 Å². The second kappa shape index (κ2) is 4.86. The van der Waals surface area contributed by atoms with Gasteiger partial charge < -0.3 is 4.90 Å². The first-order valence-electron chi connectivity index (χ1n) is 5.51. The van der Waals surface area contributed by atoms with E-state index in [9.17, 15) is 4.79 Å². The van der Waals surface area contributed by atoms with Gasteiger partial charge in [-0.1, -0.05) is 11.8 Å². The summed E-state index contributed by atoms with van der Waals surface area (Å²) in [6.07, 6.45) is 3.66. The number of hydrogen-bond acceptors (Lipinski definition) is 4. The number of nitrogens with zero attached hydrogens (tertiary/aromatic N) is 3. The fraction of sp³-hybridized carbons (Fsp3) is 0.700. The second-order valence-corrected chi connectivity index (χ2v) is 5.41. The summed E-state index contributed by atoms with van der Waals surface area (Å²) in [6.45, 7) is 4.99.